The highest BCUT2D eigenvalue weighted by atomic mass is 16.5. The molecule has 0 aliphatic carbocycles. The SMILES string of the molecule is O=C(O)c1cccc(-n2cnc(-c3ccc(OCc4ccccc4)cc3)n2)c1. The number of carbonyl (C=O) groups is 1. The Morgan fingerprint density at radius 1 is 0.964 bits per heavy atom. The van der Waals surface area contributed by atoms with Crippen LogP contribution in [0, 0.1) is 0 Å². The number of rotatable bonds is 6. The molecule has 0 radical (unpaired) electrons. The van der Waals surface area contributed by atoms with Crippen LogP contribution in [0.1, 0.15) is 15.9 Å². The molecule has 6 nitrogen and oxygen atoms in total. The van der Waals surface area contributed by atoms with Crippen molar-refractivity contribution < 1.29 is 14.6 Å². The molecule has 1 N–H and O–H groups in total. The van der Waals surface area contributed by atoms with E-state index >= 15 is 0 Å². The van der Waals surface area contributed by atoms with Gasteiger partial charge in [-0.05, 0) is 48.0 Å². The van der Waals surface area contributed by atoms with E-state index in [1.807, 2.05) is 54.6 Å². The Hall–Kier alpha value is -3.93. The van der Waals surface area contributed by atoms with Crippen molar-refractivity contribution in [3.05, 3.63) is 96.3 Å². The lowest BCUT2D eigenvalue weighted by atomic mass is 10.2. The predicted molar refractivity (Wildman–Crippen MR) is 105 cm³/mol. The highest BCUT2D eigenvalue weighted by Crippen LogP contribution is 2.21. The summed E-state index contributed by atoms with van der Waals surface area (Å²) in [6.07, 6.45) is 1.57. The molecule has 0 fully saturated rings. The molecule has 138 valence electrons. The van der Waals surface area contributed by atoms with Crippen LogP contribution in [0.3, 0.4) is 0 Å². The molecule has 0 spiro atoms. The van der Waals surface area contributed by atoms with Crippen molar-refractivity contribution in [2.45, 2.75) is 6.61 Å². The molecule has 4 aromatic rings. The van der Waals surface area contributed by atoms with E-state index in [2.05, 4.69) is 10.1 Å². The highest BCUT2D eigenvalue weighted by Gasteiger charge is 2.08. The van der Waals surface area contributed by atoms with E-state index in [0.717, 1.165) is 16.9 Å². The minimum Gasteiger partial charge on any atom is -0.489 e. The van der Waals surface area contributed by atoms with Gasteiger partial charge in [0.05, 0.1) is 11.3 Å². The number of benzene rings is 3. The maximum atomic E-state index is 11.1. The third-order valence-corrected chi connectivity index (χ3v) is 4.21. The van der Waals surface area contributed by atoms with Crippen LogP contribution in [0.5, 0.6) is 5.75 Å². The zero-order chi connectivity index (χ0) is 19.3. The Bertz CT molecular complexity index is 1090. The van der Waals surface area contributed by atoms with E-state index in [1.54, 1.807) is 29.2 Å². The van der Waals surface area contributed by atoms with E-state index in [-0.39, 0.29) is 5.56 Å². The van der Waals surface area contributed by atoms with Gasteiger partial charge in [-0.15, -0.1) is 5.10 Å². The van der Waals surface area contributed by atoms with Gasteiger partial charge in [0.1, 0.15) is 18.7 Å². The number of carboxylic acid groups (broad SMARTS) is 1. The Labute approximate surface area is 161 Å². The summed E-state index contributed by atoms with van der Waals surface area (Å²) < 4.78 is 7.35. The first kappa shape index (κ1) is 17.5. The second-order valence-electron chi connectivity index (χ2n) is 6.17. The first-order valence-electron chi connectivity index (χ1n) is 8.71. The molecule has 4 rings (SSSR count). The minimum absolute atomic E-state index is 0.203. The predicted octanol–water partition coefficient (Wildman–Crippen LogP) is 4.21. The maximum absolute atomic E-state index is 11.1. The van der Waals surface area contributed by atoms with Crippen molar-refractivity contribution in [3.63, 3.8) is 0 Å². The van der Waals surface area contributed by atoms with Gasteiger partial charge in [-0.1, -0.05) is 36.4 Å². The van der Waals surface area contributed by atoms with Gasteiger partial charge in [0.15, 0.2) is 5.82 Å². The molecule has 0 bridgehead atoms. The van der Waals surface area contributed by atoms with Crippen molar-refractivity contribution >= 4 is 5.97 Å². The second-order valence-corrected chi connectivity index (χ2v) is 6.17. The number of ether oxygens (including phenoxy) is 1. The van der Waals surface area contributed by atoms with Crippen molar-refractivity contribution in [2.75, 3.05) is 0 Å². The first-order chi connectivity index (χ1) is 13.7. The summed E-state index contributed by atoms with van der Waals surface area (Å²) in [6, 6.07) is 24.1. The fraction of sp³-hybridized carbons (Fsp3) is 0.0455. The standard InChI is InChI=1S/C22H17N3O3/c26-22(27)18-7-4-8-19(13-18)25-15-23-21(24-25)17-9-11-20(12-10-17)28-14-16-5-2-1-3-6-16/h1-13,15H,14H2,(H,26,27). The molecular weight excluding hydrogens is 354 g/mol. The smallest absolute Gasteiger partial charge is 0.335 e. The molecule has 1 aromatic heterocycles. The van der Waals surface area contributed by atoms with Gasteiger partial charge < -0.3 is 9.84 Å². The summed E-state index contributed by atoms with van der Waals surface area (Å²) in [7, 11) is 0. The number of aromatic nitrogens is 3. The topological polar surface area (TPSA) is 77.2 Å². The van der Waals surface area contributed by atoms with E-state index in [1.165, 1.54) is 6.07 Å². The van der Waals surface area contributed by atoms with Gasteiger partial charge in [0.25, 0.3) is 0 Å². The van der Waals surface area contributed by atoms with Crippen molar-refractivity contribution in [2.24, 2.45) is 0 Å². The average molecular weight is 371 g/mol. The second kappa shape index (κ2) is 7.75. The number of nitrogens with zero attached hydrogens (tertiary/aromatic N) is 3. The van der Waals surface area contributed by atoms with E-state index in [4.69, 9.17) is 9.84 Å². The number of carboxylic acids is 1. The monoisotopic (exact) mass is 371 g/mol. The Balaban J connectivity index is 1.48. The molecule has 0 aliphatic heterocycles. The van der Waals surface area contributed by atoms with Crippen LogP contribution in [0.25, 0.3) is 17.1 Å². The van der Waals surface area contributed by atoms with Crippen LogP contribution >= 0.6 is 0 Å². The number of hydrogen-bond donors (Lipinski definition) is 1. The van der Waals surface area contributed by atoms with Gasteiger partial charge >= 0.3 is 5.97 Å². The van der Waals surface area contributed by atoms with Crippen LogP contribution in [-0.2, 0) is 6.61 Å². The van der Waals surface area contributed by atoms with Gasteiger partial charge in [-0.25, -0.2) is 14.5 Å². The minimum atomic E-state index is -0.978. The summed E-state index contributed by atoms with van der Waals surface area (Å²) in [5.41, 5.74) is 2.80. The molecule has 0 unspecified atom stereocenters. The normalized spacial score (nSPS) is 10.6. The molecule has 3 aromatic carbocycles. The Morgan fingerprint density at radius 2 is 1.75 bits per heavy atom. The zero-order valence-electron chi connectivity index (χ0n) is 14.9. The average Bonchev–Trinajstić information content (AvgIpc) is 3.24. The molecule has 0 atom stereocenters. The number of hydrogen-bond acceptors (Lipinski definition) is 4. The van der Waals surface area contributed by atoms with Crippen LogP contribution in [0.2, 0.25) is 0 Å². The Kier molecular flexibility index (Phi) is 4.84. The summed E-state index contributed by atoms with van der Waals surface area (Å²) in [5, 5.41) is 13.6. The quantitative estimate of drug-likeness (QED) is 0.549. The zero-order valence-corrected chi connectivity index (χ0v) is 14.9. The lowest BCUT2D eigenvalue weighted by Crippen LogP contribution is -2.00. The van der Waals surface area contributed by atoms with E-state index in [9.17, 15) is 4.79 Å². The summed E-state index contributed by atoms with van der Waals surface area (Å²) >= 11 is 0. The molecule has 6 heteroatoms. The number of aromatic carboxylic acids is 1. The third kappa shape index (κ3) is 3.91. The highest BCUT2D eigenvalue weighted by molar-refractivity contribution is 5.88. The van der Waals surface area contributed by atoms with Gasteiger partial charge in [-0.3, -0.25) is 0 Å². The van der Waals surface area contributed by atoms with Gasteiger partial charge in [0.2, 0.25) is 0 Å². The summed E-state index contributed by atoms with van der Waals surface area (Å²) in [6.45, 7) is 0.507. The Morgan fingerprint density at radius 3 is 2.50 bits per heavy atom. The fourth-order valence-electron chi connectivity index (χ4n) is 2.74. The molecule has 0 saturated carbocycles. The van der Waals surface area contributed by atoms with E-state index in [0.29, 0.717) is 18.1 Å². The molecule has 0 aliphatic rings. The van der Waals surface area contributed by atoms with Crippen molar-refractivity contribution in [1.29, 1.82) is 0 Å². The first-order valence-corrected chi connectivity index (χ1v) is 8.71. The molecule has 0 saturated heterocycles. The van der Waals surface area contributed by atoms with Crippen LogP contribution in [-0.4, -0.2) is 25.8 Å². The molecule has 1 heterocycles. The lowest BCUT2D eigenvalue weighted by molar-refractivity contribution is 0.0697. The third-order valence-electron chi connectivity index (χ3n) is 4.21. The maximum Gasteiger partial charge on any atom is 0.335 e. The van der Waals surface area contributed by atoms with Crippen LogP contribution < -0.4 is 4.74 Å². The fourth-order valence-corrected chi connectivity index (χ4v) is 2.74. The molecule has 28 heavy (non-hydrogen) atoms. The van der Waals surface area contributed by atoms with Crippen LogP contribution in [0.4, 0.5) is 0 Å². The summed E-state index contributed by atoms with van der Waals surface area (Å²) in [4.78, 5) is 15.5. The van der Waals surface area contributed by atoms with Crippen molar-refractivity contribution in [3.8, 4) is 22.8 Å². The van der Waals surface area contributed by atoms with Crippen LogP contribution in [0.15, 0.2) is 85.2 Å². The summed E-state index contributed by atoms with van der Waals surface area (Å²) in [5.74, 6) is 0.338. The van der Waals surface area contributed by atoms with E-state index < -0.39 is 5.97 Å². The molecule has 0 amide bonds. The largest absolute Gasteiger partial charge is 0.489 e. The van der Waals surface area contributed by atoms with Gasteiger partial charge in [-0.2, -0.15) is 0 Å². The van der Waals surface area contributed by atoms with Gasteiger partial charge in [0, 0.05) is 5.56 Å². The van der Waals surface area contributed by atoms with Crippen molar-refractivity contribution in [1.82, 2.24) is 14.8 Å². The lowest BCUT2D eigenvalue weighted by Gasteiger charge is -2.06. The molecular formula is C22H17N3O3.